The molecule has 130 valence electrons. The molecule has 5 heteroatoms. The number of carbonyl (C=O) groups excluding carboxylic acids is 2. The van der Waals surface area contributed by atoms with Crippen LogP contribution in [-0.4, -0.2) is 40.6 Å². The Morgan fingerprint density at radius 1 is 1.29 bits per heavy atom. The van der Waals surface area contributed by atoms with Gasteiger partial charge in [-0.3, -0.25) is 4.79 Å². The minimum Gasteiger partial charge on any atom is -0.464 e. The summed E-state index contributed by atoms with van der Waals surface area (Å²) in [6.45, 7) is 4.51. The lowest BCUT2D eigenvalue weighted by Gasteiger charge is -2.26. The summed E-state index contributed by atoms with van der Waals surface area (Å²) in [5.74, 6) is 0.190. The SMILES string of the molecule is CCCCOC(=O)C1CSC(CC)N1C(=O)/C=C/c1ccccc1. The van der Waals surface area contributed by atoms with Crippen molar-refractivity contribution in [3.63, 3.8) is 0 Å². The molecule has 2 rings (SSSR count). The van der Waals surface area contributed by atoms with Gasteiger partial charge in [0, 0.05) is 11.8 Å². The Balaban J connectivity index is 2.05. The van der Waals surface area contributed by atoms with Crippen LogP contribution in [0.3, 0.4) is 0 Å². The van der Waals surface area contributed by atoms with E-state index >= 15 is 0 Å². The van der Waals surface area contributed by atoms with Crippen LogP contribution in [0.25, 0.3) is 6.08 Å². The topological polar surface area (TPSA) is 46.6 Å². The van der Waals surface area contributed by atoms with Crippen molar-refractivity contribution >= 4 is 29.7 Å². The van der Waals surface area contributed by atoms with Gasteiger partial charge >= 0.3 is 5.97 Å². The van der Waals surface area contributed by atoms with Gasteiger partial charge in [-0.2, -0.15) is 0 Å². The highest BCUT2D eigenvalue weighted by Gasteiger charge is 2.40. The van der Waals surface area contributed by atoms with Gasteiger partial charge in [0.25, 0.3) is 0 Å². The molecule has 1 aliphatic rings. The van der Waals surface area contributed by atoms with Crippen LogP contribution in [0.2, 0.25) is 0 Å². The molecule has 2 unspecified atom stereocenters. The number of hydrogen-bond acceptors (Lipinski definition) is 4. The highest BCUT2D eigenvalue weighted by molar-refractivity contribution is 8.00. The molecule has 1 amide bonds. The Kier molecular flexibility index (Phi) is 7.37. The molecule has 0 aromatic heterocycles. The molecule has 1 saturated heterocycles. The van der Waals surface area contributed by atoms with Crippen molar-refractivity contribution in [3.05, 3.63) is 42.0 Å². The van der Waals surface area contributed by atoms with E-state index in [1.807, 2.05) is 37.3 Å². The minimum atomic E-state index is -0.482. The Labute approximate surface area is 148 Å². The van der Waals surface area contributed by atoms with Gasteiger partial charge in [-0.25, -0.2) is 4.79 Å². The van der Waals surface area contributed by atoms with Gasteiger partial charge < -0.3 is 9.64 Å². The first-order valence-electron chi connectivity index (χ1n) is 8.51. The Hall–Kier alpha value is -1.75. The molecule has 1 fully saturated rings. The molecule has 0 radical (unpaired) electrons. The third-order valence-electron chi connectivity index (χ3n) is 3.93. The summed E-state index contributed by atoms with van der Waals surface area (Å²) in [5, 5.41) is 0.0293. The number of benzene rings is 1. The molecule has 1 heterocycles. The lowest BCUT2D eigenvalue weighted by Crippen LogP contribution is -2.45. The summed E-state index contributed by atoms with van der Waals surface area (Å²) in [5.41, 5.74) is 0.966. The van der Waals surface area contributed by atoms with Crippen LogP contribution in [0.15, 0.2) is 36.4 Å². The van der Waals surface area contributed by atoms with E-state index in [2.05, 4.69) is 6.92 Å². The predicted octanol–water partition coefficient (Wildman–Crippen LogP) is 3.72. The van der Waals surface area contributed by atoms with Crippen molar-refractivity contribution < 1.29 is 14.3 Å². The molecule has 1 aromatic rings. The van der Waals surface area contributed by atoms with Crippen LogP contribution in [0.5, 0.6) is 0 Å². The standard InChI is InChI=1S/C19H25NO3S/c1-3-5-13-23-19(22)16-14-24-18(4-2)20(16)17(21)12-11-15-9-7-6-8-10-15/h6-12,16,18H,3-5,13-14H2,1-2H3/b12-11+. The number of unbranched alkanes of at least 4 members (excludes halogenated alkanes) is 1. The second-order valence-electron chi connectivity index (χ2n) is 5.72. The average molecular weight is 347 g/mol. The third kappa shape index (κ3) is 4.87. The van der Waals surface area contributed by atoms with E-state index < -0.39 is 6.04 Å². The number of thioether (sulfide) groups is 1. The number of rotatable bonds is 7. The van der Waals surface area contributed by atoms with E-state index in [-0.39, 0.29) is 17.3 Å². The van der Waals surface area contributed by atoms with Crippen molar-refractivity contribution in [1.29, 1.82) is 0 Å². The normalized spacial score (nSPS) is 20.5. The lowest BCUT2D eigenvalue weighted by molar-refractivity contribution is -0.152. The van der Waals surface area contributed by atoms with Gasteiger partial charge in [0.1, 0.15) is 6.04 Å². The maximum atomic E-state index is 12.7. The number of hydrogen-bond donors (Lipinski definition) is 0. The first-order valence-corrected chi connectivity index (χ1v) is 9.55. The molecule has 4 nitrogen and oxygen atoms in total. The molecule has 0 spiro atoms. The second kappa shape index (κ2) is 9.52. The molecular formula is C19H25NO3S. The van der Waals surface area contributed by atoms with Gasteiger partial charge in [0.2, 0.25) is 5.91 Å². The molecule has 1 aliphatic heterocycles. The number of esters is 1. The van der Waals surface area contributed by atoms with Crippen LogP contribution < -0.4 is 0 Å². The first kappa shape index (κ1) is 18.6. The zero-order chi connectivity index (χ0) is 17.4. The van der Waals surface area contributed by atoms with E-state index in [9.17, 15) is 9.59 Å². The van der Waals surface area contributed by atoms with Crippen molar-refractivity contribution in [2.45, 2.75) is 44.5 Å². The Morgan fingerprint density at radius 3 is 2.71 bits per heavy atom. The maximum absolute atomic E-state index is 12.7. The van der Waals surface area contributed by atoms with Crippen molar-refractivity contribution in [2.24, 2.45) is 0 Å². The van der Waals surface area contributed by atoms with Gasteiger partial charge in [0.15, 0.2) is 0 Å². The highest BCUT2D eigenvalue weighted by Crippen LogP contribution is 2.32. The smallest absolute Gasteiger partial charge is 0.329 e. The monoisotopic (exact) mass is 347 g/mol. The Morgan fingerprint density at radius 2 is 2.04 bits per heavy atom. The number of carbonyl (C=O) groups is 2. The van der Waals surface area contributed by atoms with Crippen LogP contribution in [-0.2, 0) is 14.3 Å². The largest absolute Gasteiger partial charge is 0.464 e. The summed E-state index contributed by atoms with van der Waals surface area (Å²) >= 11 is 1.65. The molecule has 0 bridgehead atoms. The van der Waals surface area contributed by atoms with Crippen LogP contribution in [0.1, 0.15) is 38.7 Å². The van der Waals surface area contributed by atoms with E-state index in [4.69, 9.17) is 4.74 Å². The first-order chi connectivity index (χ1) is 11.7. The quantitative estimate of drug-likeness (QED) is 0.428. The highest BCUT2D eigenvalue weighted by atomic mass is 32.2. The number of nitrogens with zero attached hydrogens (tertiary/aromatic N) is 1. The van der Waals surface area contributed by atoms with E-state index in [1.54, 1.807) is 28.8 Å². The summed E-state index contributed by atoms with van der Waals surface area (Å²) in [7, 11) is 0. The third-order valence-corrected chi connectivity index (χ3v) is 5.38. The summed E-state index contributed by atoms with van der Waals surface area (Å²) in [6.07, 6.45) is 5.99. The average Bonchev–Trinajstić information content (AvgIpc) is 3.05. The fraction of sp³-hybridized carbons (Fsp3) is 0.474. The van der Waals surface area contributed by atoms with E-state index in [0.29, 0.717) is 12.4 Å². The van der Waals surface area contributed by atoms with Crippen molar-refractivity contribution in [3.8, 4) is 0 Å². The second-order valence-corrected chi connectivity index (χ2v) is 6.93. The summed E-state index contributed by atoms with van der Waals surface area (Å²) < 4.78 is 5.33. The number of ether oxygens (including phenoxy) is 1. The number of amides is 1. The fourth-order valence-electron chi connectivity index (χ4n) is 2.59. The van der Waals surface area contributed by atoms with Crippen LogP contribution in [0, 0.1) is 0 Å². The van der Waals surface area contributed by atoms with Gasteiger partial charge in [-0.15, -0.1) is 11.8 Å². The zero-order valence-electron chi connectivity index (χ0n) is 14.3. The summed E-state index contributed by atoms with van der Waals surface area (Å²) in [6, 6.07) is 9.19. The molecular weight excluding hydrogens is 322 g/mol. The minimum absolute atomic E-state index is 0.0293. The molecule has 1 aromatic carbocycles. The van der Waals surface area contributed by atoms with E-state index in [1.165, 1.54) is 0 Å². The molecule has 24 heavy (non-hydrogen) atoms. The van der Waals surface area contributed by atoms with Gasteiger partial charge in [-0.05, 0) is 24.5 Å². The molecule has 2 atom stereocenters. The molecule has 0 saturated carbocycles. The van der Waals surface area contributed by atoms with Crippen molar-refractivity contribution in [1.82, 2.24) is 4.90 Å². The lowest BCUT2D eigenvalue weighted by atomic mass is 10.2. The van der Waals surface area contributed by atoms with Crippen LogP contribution in [0.4, 0.5) is 0 Å². The fourth-order valence-corrected chi connectivity index (χ4v) is 3.93. The van der Waals surface area contributed by atoms with E-state index in [0.717, 1.165) is 24.8 Å². The van der Waals surface area contributed by atoms with Gasteiger partial charge in [-0.1, -0.05) is 50.6 Å². The summed E-state index contributed by atoms with van der Waals surface area (Å²) in [4.78, 5) is 26.6. The Bertz CT molecular complexity index is 573. The zero-order valence-corrected chi connectivity index (χ0v) is 15.1. The maximum Gasteiger partial charge on any atom is 0.329 e. The molecule has 0 N–H and O–H groups in total. The molecule has 0 aliphatic carbocycles. The van der Waals surface area contributed by atoms with Gasteiger partial charge in [0.05, 0.1) is 12.0 Å². The van der Waals surface area contributed by atoms with Crippen molar-refractivity contribution in [2.75, 3.05) is 12.4 Å². The van der Waals surface area contributed by atoms with Crippen LogP contribution >= 0.6 is 11.8 Å². The predicted molar refractivity (Wildman–Crippen MR) is 98.5 cm³/mol.